The van der Waals surface area contributed by atoms with Crippen molar-refractivity contribution in [2.24, 2.45) is 0 Å². The van der Waals surface area contributed by atoms with Gasteiger partial charge < -0.3 is 28.4 Å². The molecular formula is C27H28N4O5. The lowest BCUT2D eigenvalue weighted by Gasteiger charge is -2.34. The van der Waals surface area contributed by atoms with Gasteiger partial charge in [0.1, 0.15) is 6.07 Å². The van der Waals surface area contributed by atoms with Gasteiger partial charge in [0, 0.05) is 37.8 Å². The molecule has 9 heteroatoms. The summed E-state index contributed by atoms with van der Waals surface area (Å²) in [7, 11) is 4.54. The average molecular weight is 489 g/mol. The van der Waals surface area contributed by atoms with Crippen LogP contribution in [-0.4, -0.2) is 63.3 Å². The molecule has 0 atom stereocenters. The van der Waals surface area contributed by atoms with Gasteiger partial charge in [-0.15, -0.1) is 0 Å². The Morgan fingerprint density at radius 3 is 2.19 bits per heavy atom. The molecule has 0 radical (unpaired) electrons. The highest BCUT2D eigenvalue weighted by molar-refractivity contribution is 5.96. The SMILES string of the molecule is COc1cc(C(=O)N2CCN(c3oc(/C=C/c4ccc(C)cc4)nc3C#N)CC2)cc(OC)c1OC. The molecule has 1 aliphatic heterocycles. The van der Waals surface area contributed by atoms with Crippen LogP contribution in [-0.2, 0) is 0 Å². The number of carbonyl (C=O) groups excluding carboxylic acids is 1. The van der Waals surface area contributed by atoms with E-state index in [0.29, 0.717) is 60.8 Å². The van der Waals surface area contributed by atoms with E-state index < -0.39 is 0 Å². The van der Waals surface area contributed by atoms with Crippen LogP contribution >= 0.6 is 0 Å². The smallest absolute Gasteiger partial charge is 0.254 e. The number of anilines is 1. The molecule has 0 unspecified atom stereocenters. The summed E-state index contributed by atoms with van der Waals surface area (Å²) >= 11 is 0. The van der Waals surface area contributed by atoms with Crippen LogP contribution in [0.3, 0.4) is 0 Å². The first-order valence-electron chi connectivity index (χ1n) is 11.5. The minimum Gasteiger partial charge on any atom is -0.493 e. The molecule has 4 rings (SSSR count). The molecule has 0 spiro atoms. The number of amides is 1. The van der Waals surface area contributed by atoms with E-state index in [4.69, 9.17) is 18.6 Å². The molecule has 3 aromatic rings. The number of methoxy groups -OCH3 is 3. The van der Waals surface area contributed by atoms with Crippen LogP contribution in [0.4, 0.5) is 5.88 Å². The number of aryl methyl sites for hydroxylation is 1. The third-order valence-corrected chi connectivity index (χ3v) is 5.99. The number of ether oxygens (including phenoxy) is 3. The molecule has 0 saturated carbocycles. The van der Waals surface area contributed by atoms with Gasteiger partial charge in [-0.25, -0.2) is 0 Å². The largest absolute Gasteiger partial charge is 0.493 e. The van der Waals surface area contributed by atoms with E-state index in [9.17, 15) is 10.1 Å². The molecule has 1 saturated heterocycles. The number of carbonyl (C=O) groups is 1. The predicted molar refractivity (Wildman–Crippen MR) is 136 cm³/mol. The van der Waals surface area contributed by atoms with Gasteiger partial charge in [-0.3, -0.25) is 4.79 Å². The van der Waals surface area contributed by atoms with Crippen LogP contribution < -0.4 is 19.1 Å². The Hall–Kier alpha value is -4.45. The Morgan fingerprint density at radius 1 is 1.00 bits per heavy atom. The van der Waals surface area contributed by atoms with Crippen LogP contribution in [0, 0.1) is 18.3 Å². The lowest BCUT2D eigenvalue weighted by atomic mass is 10.1. The van der Waals surface area contributed by atoms with Crippen LogP contribution in [0.5, 0.6) is 17.2 Å². The first kappa shape index (κ1) is 24.7. The summed E-state index contributed by atoms with van der Waals surface area (Å²) in [6, 6.07) is 13.5. The molecule has 2 aromatic carbocycles. The van der Waals surface area contributed by atoms with Crippen LogP contribution in [0.25, 0.3) is 12.2 Å². The molecule has 0 bridgehead atoms. The normalized spacial score (nSPS) is 13.5. The second-order valence-electron chi connectivity index (χ2n) is 8.25. The minimum atomic E-state index is -0.145. The molecule has 1 fully saturated rings. The van der Waals surface area contributed by atoms with Gasteiger partial charge in [0.25, 0.3) is 5.91 Å². The number of rotatable bonds is 7. The third kappa shape index (κ3) is 5.13. The Kier molecular flexibility index (Phi) is 7.44. The van der Waals surface area contributed by atoms with Gasteiger partial charge in [-0.2, -0.15) is 10.2 Å². The first-order valence-corrected chi connectivity index (χ1v) is 11.5. The molecule has 36 heavy (non-hydrogen) atoms. The summed E-state index contributed by atoms with van der Waals surface area (Å²) in [5, 5.41) is 9.59. The van der Waals surface area contributed by atoms with Crippen molar-refractivity contribution >= 4 is 23.9 Å². The zero-order chi connectivity index (χ0) is 25.7. The number of hydrogen-bond acceptors (Lipinski definition) is 8. The highest BCUT2D eigenvalue weighted by Crippen LogP contribution is 2.38. The zero-order valence-corrected chi connectivity index (χ0v) is 20.8. The van der Waals surface area contributed by atoms with Gasteiger partial charge in [0.15, 0.2) is 11.5 Å². The highest BCUT2D eigenvalue weighted by atomic mass is 16.5. The van der Waals surface area contributed by atoms with Crippen molar-refractivity contribution in [3.05, 3.63) is 64.7 Å². The predicted octanol–water partition coefficient (Wildman–Crippen LogP) is 4.01. The summed E-state index contributed by atoms with van der Waals surface area (Å²) in [6.07, 6.45) is 3.64. The number of hydrogen-bond donors (Lipinski definition) is 0. The zero-order valence-electron chi connectivity index (χ0n) is 20.8. The Morgan fingerprint density at radius 2 is 1.64 bits per heavy atom. The molecule has 9 nitrogen and oxygen atoms in total. The van der Waals surface area contributed by atoms with E-state index in [1.54, 1.807) is 23.1 Å². The molecule has 186 valence electrons. The minimum absolute atomic E-state index is 0.145. The summed E-state index contributed by atoms with van der Waals surface area (Å²) in [6.45, 7) is 3.94. The number of oxazole rings is 1. The second kappa shape index (κ2) is 10.9. The topological polar surface area (TPSA) is 101 Å². The number of aromatic nitrogens is 1. The third-order valence-electron chi connectivity index (χ3n) is 5.99. The molecule has 2 heterocycles. The number of nitriles is 1. The molecule has 0 N–H and O–H groups in total. The van der Waals surface area contributed by atoms with E-state index in [1.807, 2.05) is 42.2 Å². The van der Waals surface area contributed by atoms with E-state index >= 15 is 0 Å². The fourth-order valence-electron chi connectivity index (χ4n) is 4.03. The number of benzene rings is 2. The van der Waals surface area contributed by atoms with Gasteiger partial charge in [0.2, 0.25) is 23.2 Å². The van der Waals surface area contributed by atoms with Crippen molar-refractivity contribution in [1.29, 1.82) is 5.26 Å². The van der Waals surface area contributed by atoms with Gasteiger partial charge >= 0.3 is 0 Å². The van der Waals surface area contributed by atoms with Gasteiger partial charge in [0.05, 0.1) is 21.3 Å². The number of nitrogens with zero attached hydrogens (tertiary/aromatic N) is 4. The summed E-state index contributed by atoms with van der Waals surface area (Å²) in [4.78, 5) is 21.2. The summed E-state index contributed by atoms with van der Waals surface area (Å²) in [5.41, 5.74) is 2.86. The molecule has 1 aromatic heterocycles. The maximum atomic E-state index is 13.2. The maximum absolute atomic E-state index is 13.2. The highest BCUT2D eigenvalue weighted by Gasteiger charge is 2.28. The van der Waals surface area contributed by atoms with E-state index in [2.05, 4.69) is 11.1 Å². The van der Waals surface area contributed by atoms with E-state index in [0.717, 1.165) is 5.56 Å². The van der Waals surface area contributed by atoms with Crippen molar-refractivity contribution in [3.8, 4) is 23.3 Å². The van der Waals surface area contributed by atoms with Crippen molar-refractivity contribution in [1.82, 2.24) is 9.88 Å². The molecule has 1 aliphatic rings. The Labute approximate surface area is 210 Å². The first-order chi connectivity index (χ1) is 17.5. The molecular weight excluding hydrogens is 460 g/mol. The monoisotopic (exact) mass is 488 g/mol. The van der Waals surface area contributed by atoms with E-state index in [-0.39, 0.29) is 11.6 Å². The maximum Gasteiger partial charge on any atom is 0.254 e. The van der Waals surface area contributed by atoms with Crippen LogP contribution in [0.15, 0.2) is 40.8 Å². The molecule has 1 amide bonds. The summed E-state index contributed by atoms with van der Waals surface area (Å²) in [5.74, 6) is 1.91. The second-order valence-corrected chi connectivity index (χ2v) is 8.25. The van der Waals surface area contributed by atoms with Crippen molar-refractivity contribution in [2.45, 2.75) is 6.92 Å². The quantitative estimate of drug-likeness (QED) is 0.492. The number of piperazine rings is 1. The van der Waals surface area contributed by atoms with Crippen LogP contribution in [0.2, 0.25) is 0 Å². The summed E-state index contributed by atoms with van der Waals surface area (Å²) < 4.78 is 22.0. The average Bonchev–Trinajstić information content (AvgIpc) is 3.34. The standard InChI is InChI=1S/C27H28N4O5/c1-18-5-7-19(8-6-18)9-10-24-29-21(17-28)27(36-24)31-13-11-30(12-14-31)26(32)20-15-22(33-2)25(35-4)23(16-20)34-3/h5-10,15-16H,11-14H2,1-4H3/b10-9+. The fraction of sp³-hybridized carbons (Fsp3) is 0.296. The van der Waals surface area contributed by atoms with Crippen molar-refractivity contribution < 1.29 is 23.4 Å². The van der Waals surface area contributed by atoms with Gasteiger partial charge in [-0.1, -0.05) is 29.8 Å². The molecule has 0 aliphatic carbocycles. The van der Waals surface area contributed by atoms with Crippen molar-refractivity contribution in [2.75, 3.05) is 52.4 Å². The van der Waals surface area contributed by atoms with E-state index in [1.165, 1.54) is 26.9 Å². The lowest BCUT2D eigenvalue weighted by Crippen LogP contribution is -2.48. The van der Waals surface area contributed by atoms with Crippen LogP contribution in [0.1, 0.15) is 33.1 Å². The Bertz CT molecular complexity index is 1270. The lowest BCUT2D eigenvalue weighted by molar-refractivity contribution is 0.0744. The van der Waals surface area contributed by atoms with Gasteiger partial charge in [-0.05, 0) is 30.7 Å². The Balaban J connectivity index is 1.46. The fourth-order valence-corrected chi connectivity index (χ4v) is 4.03. The van der Waals surface area contributed by atoms with Crippen molar-refractivity contribution in [3.63, 3.8) is 0 Å².